The molecule has 2 aromatic carbocycles. The average Bonchev–Trinajstić information content (AvgIpc) is 2.79. The normalized spacial score (nSPS) is 11.6. The summed E-state index contributed by atoms with van der Waals surface area (Å²) < 4.78 is 0. The highest BCUT2D eigenvalue weighted by molar-refractivity contribution is 7.99. The number of benzene rings is 2. The van der Waals surface area contributed by atoms with Crippen LogP contribution in [0.15, 0.2) is 48.5 Å². The van der Waals surface area contributed by atoms with E-state index in [-0.39, 0.29) is 29.8 Å². The Hall–Kier alpha value is -2.58. The van der Waals surface area contributed by atoms with Crippen LogP contribution < -0.4 is 5.32 Å². The summed E-state index contributed by atoms with van der Waals surface area (Å²) in [6.07, 6.45) is 1.30. The van der Waals surface area contributed by atoms with Gasteiger partial charge in [0, 0.05) is 36.0 Å². The Bertz CT molecular complexity index is 924. The average molecular weight is 478 g/mol. The summed E-state index contributed by atoms with van der Waals surface area (Å²) in [4.78, 5) is 37.8. The molecule has 0 bridgehead atoms. The molecule has 9 heteroatoms. The number of hydrogen-bond acceptors (Lipinski definition) is 5. The molecule has 2 amide bonds. The summed E-state index contributed by atoms with van der Waals surface area (Å²) in [5.41, 5.74) is 1.70. The summed E-state index contributed by atoms with van der Waals surface area (Å²) in [6.45, 7) is 4.66. The van der Waals surface area contributed by atoms with Crippen molar-refractivity contribution in [2.75, 3.05) is 12.3 Å². The Morgan fingerprint density at radius 2 is 1.84 bits per heavy atom. The molecule has 0 aliphatic rings. The third-order valence-electron chi connectivity index (χ3n) is 4.88. The van der Waals surface area contributed by atoms with Gasteiger partial charge in [-0.25, -0.2) is 0 Å². The highest BCUT2D eigenvalue weighted by Gasteiger charge is 2.28. The summed E-state index contributed by atoms with van der Waals surface area (Å²) in [5.74, 6) is 0.382. The number of carbonyl (C=O) groups excluding carboxylic acids is 2. The quantitative estimate of drug-likeness (QED) is 0.349. The second kappa shape index (κ2) is 13.1. The zero-order valence-electron chi connectivity index (χ0n) is 18.3. The molecule has 0 fully saturated rings. The molecule has 2 aromatic rings. The molecule has 0 aliphatic heterocycles. The minimum Gasteiger partial charge on any atom is -0.354 e. The van der Waals surface area contributed by atoms with Crippen LogP contribution in [0, 0.1) is 10.1 Å². The number of nitro groups is 1. The van der Waals surface area contributed by atoms with Crippen LogP contribution in [0.4, 0.5) is 5.69 Å². The lowest BCUT2D eigenvalue weighted by molar-refractivity contribution is -0.384. The highest BCUT2D eigenvalue weighted by atomic mass is 35.5. The molecule has 0 spiro atoms. The van der Waals surface area contributed by atoms with Gasteiger partial charge in [0.25, 0.3) is 5.69 Å². The number of non-ortho nitro benzene ring substituents is 1. The minimum atomic E-state index is -0.592. The molecule has 0 saturated heterocycles. The number of nitrogens with zero attached hydrogens (tertiary/aromatic N) is 2. The smallest absolute Gasteiger partial charge is 0.269 e. The topological polar surface area (TPSA) is 92.6 Å². The molecule has 0 aromatic heterocycles. The minimum absolute atomic E-state index is 0.0321. The van der Waals surface area contributed by atoms with Crippen molar-refractivity contribution >= 4 is 40.9 Å². The first-order valence-electron chi connectivity index (χ1n) is 10.5. The van der Waals surface area contributed by atoms with E-state index >= 15 is 0 Å². The van der Waals surface area contributed by atoms with Gasteiger partial charge < -0.3 is 10.2 Å². The molecule has 0 heterocycles. The van der Waals surface area contributed by atoms with E-state index in [9.17, 15) is 19.7 Å². The summed E-state index contributed by atoms with van der Waals surface area (Å²) in [5, 5.41) is 14.2. The van der Waals surface area contributed by atoms with Crippen molar-refractivity contribution in [1.82, 2.24) is 10.2 Å². The molecular formula is C23H28ClN3O4S. The Morgan fingerprint density at radius 1 is 1.16 bits per heavy atom. The zero-order valence-corrected chi connectivity index (χ0v) is 19.8. The van der Waals surface area contributed by atoms with Crippen molar-refractivity contribution < 1.29 is 14.5 Å². The predicted molar refractivity (Wildman–Crippen MR) is 129 cm³/mol. The van der Waals surface area contributed by atoms with Crippen LogP contribution in [-0.4, -0.2) is 40.0 Å². The Labute approximate surface area is 197 Å². The van der Waals surface area contributed by atoms with Gasteiger partial charge in [0.2, 0.25) is 11.8 Å². The van der Waals surface area contributed by atoms with Gasteiger partial charge in [-0.2, -0.15) is 0 Å². The Kier molecular flexibility index (Phi) is 10.5. The van der Waals surface area contributed by atoms with Crippen LogP contribution in [-0.2, 0) is 21.9 Å². The van der Waals surface area contributed by atoms with Gasteiger partial charge in [-0.15, -0.1) is 11.8 Å². The van der Waals surface area contributed by atoms with Crippen LogP contribution in [0.1, 0.15) is 37.8 Å². The molecular weight excluding hydrogens is 450 g/mol. The van der Waals surface area contributed by atoms with Crippen LogP contribution in [0.2, 0.25) is 5.02 Å². The fourth-order valence-electron chi connectivity index (χ4n) is 3.15. The maximum atomic E-state index is 13.2. The van der Waals surface area contributed by atoms with Crippen molar-refractivity contribution in [3.63, 3.8) is 0 Å². The molecule has 0 aliphatic carbocycles. The SMILES string of the molecule is CCCNC(=O)C(CC)N(Cc1ccccc1Cl)C(=O)CSCc1ccc([N+](=O)[O-])cc1. The van der Waals surface area contributed by atoms with Crippen LogP contribution in [0.25, 0.3) is 0 Å². The van der Waals surface area contributed by atoms with Crippen molar-refractivity contribution in [2.45, 2.75) is 45.0 Å². The summed E-state index contributed by atoms with van der Waals surface area (Å²) >= 11 is 7.72. The van der Waals surface area contributed by atoms with E-state index in [1.165, 1.54) is 23.9 Å². The molecule has 32 heavy (non-hydrogen) atoms. The first-order valence-corrected chi connectivity index (χ1v) is 12.0. The largest absolute Gasteiger partial charge is 0.354 e. The lowest BCUT2D eigenvalue weighted by Crippen LogP contribution is -2.49. The van der Waals surface area contributed by atoms with E-state index in [2.05, 4.69) is 5.32 Å². The number of halogens is 1. The molecule has 1 unspecified atom stereocenters. The standard InChI is InChI=1S/C23H28ClN3O4S/c1-3-13-25-23(29)21(4-2)26(14-18-7-5-6-8-20(18)24)22(28)16-32-15-17-9-11-19(12-10-17)27(30)31/h5-12,21H,3-4,13-16H2,1-2H3,(H,25,29). The number of hydrogen-bond donors (Lipinski definition) is 1. The fraction of sp³-hybridized carbons (Fsp3) is 0.391. The molecule has 2 rings (SSSR count). The molecule has 0 saturated carbocycles. The van der Waals surface area contributed by atoms with Gasteiger partial charge in [-0.05, 0) is 30.0 Å². The number of rotatable bonds is 12. The van der Waals surface area contributed by atoms with E-state index < -0.39 is 11.0 Å². The van der Waals surface area contributed by atoms with E-state index in [0.29, 0.717) is 23.7 Å². The number of carbonyl (C=O) groups is 2. The molecule has 0 radical (unpaired) electrons. The van der Waals surface area contributed by atoms with E-state index in [4.69, 9.17) is 11.6 Å². The van der Waals surface area contributed by atoms with E-state index in [1.807, 2.05) is 32.0 Å². The molecule has 7 nitrogen and oxygen atoms in total. The van der Waals surface area contributed by atoms with Gasteiger partial charge in [0.05, 0.1) is 10.7 Å². The second-order valence-electron chi connectivity index (χ2n) is 7.24. The molecule has 1 N–H and O–H groups in total. The lowest BCUT2D eigenvalue weighted by atomic mass is 10.1. The highest BCUT2D eigenvalue weighted by Crippen LogP contribution is 2.22. The van der Waals surface area contributed by atoms with Crippen molar-refractivity contribution in [3.8, 4) is 0 Å². The lowest BCUT2D eigenvalue weighted by Gasteiger charge is -2.31. The van der Waals surface area contributed by atoms with Gasteiger partial charge in [-0.3, -0.25) is 19.7 Å². The number of nitro benzene ring substituents is 1. The van der Waals surface area contributed by atoms with Gasteiger partial charge in [0.15, 0.2) is 0 Å². The first kappa shape index (κ1) is 25.7. The zero-order chi connectivity index (χ0) is 23.5. The van der Waals surface area contributed by atoms with Crippen molar-refractivity contribution in [2.24, 2.45) is 0 Å². The molecule has 1 atom stereocenters. The van der Waals surface area contributed by atoms with Gasteiger partial charge >= 0.3 is 0 Å². The predicted octanol–water partition coefficient (Wildman–Crippen LogP) is 4.82. The third kappa shape index (κ3) is 7.53. The van der Waals surface area contributed by atoms with E-state index in [1.54, 1.807) is 23.1 Å². The maximum absolute atomic E-state index is 13.2. The Balaban J connectivity index is 2.10. The molecule has 172 valence electrons. The number of thioether (sulfide) groups is 1. The Morgan fingerprint density at radius 3 is 2.44 bits per heavy atom. The van der Waals surface area contributed by atoms with E-state index in [0.717, 1.165) is 17.5 Å². The van der Waals surface area contributed by atoms with Crippen LogP contribution in [0.3, 0.4) is 0 Å². The fourth-order valence-corrected chi connectivity index (χ4v) is 4.21. The van der Waals surface area contributed by atoms with Crippen LogP contribution in [0.5, 0.6) is 0 Å². The van der Waals surface area contributed by atoms with Crippen molar-refractivity contribution in [3.05, 3.63) is 74.8 Å². The monoisotopic (exact) mass is 477 g/mol. The third-order valence-corrected chi connectivity index (χ3v) is 6.23. The van der Waals surface area contributed by atoms with Crippen LogP contribution >= 0.6 is 23.4 Å². The second-order valence-corrected chi connectivity index (χ2v) is 8.64. The van der Waals surface area contributed by atoms with Gasteiger partial charge in [0.1, 0.15) is 6.04 Å². The van der Waals surface area contributed by atoms with Gasteiger partial charge in [-0.1, -0.05) is 55.8 Å². The first-order chi connectivity index (χ1) is 15.4. The maximum Gasteiger partial charge on any atom is 0.269 e. The summed E-state index contributed by atoms with van der Waals surface area (Å²) in [7, 11) is 0. The number of amides is 2. The number of nitrogens with one attached hydrogen (secondary N) is 1. The summed E-state index contributed by atoms with van der Waals surface area (Å²) in [6, 6.07) is 13.0. The van der Waals surface area contributed by atoms with Crippen molar-refractivity contribution in [1.29, 1.82) is 0 Å².